The molecule has 4 rings (SSSR count). The van der Waals surface area contributed by atoms with Gasteiger partial charge in [0.1, 0.15) is 17.7 Å². The van der Waals surface area contributed by atoms with E-state index in [0.717, 1.165) is 6.20 Å². The van der Waals surface area contributed by atoms with E-state index in [1.165, 1.54) is 24.3 Å². The highest BCUT2D eigenvalue weighted by Gasteiger charge is 2.35. The quantitative estimate of drug-likeness (QED) is 0.653. The lowest BCUT2D eigenvalue weighted by Crippen LogP contribution is -2.51. The Bertz CT molecular complexity index is 1030. The number of carbonyl (C=O) groups is 1. The highest BCUT2D eigenvalue weighted by Crippen LogP contribution is 2.28. The summed E-state index contributed by atoms with van der Waals surface area (Å²) in [5.41, 5.74) is 0.284. The number of aromatic nitrogens is 3. The zero-order valence-electron chi connectivity index (χ0n) is 16.3. The van der Waals surface area contributed by atoms with Gasteiger partial charge in [-0.15, -0.1) is 0 Å². The van der Waals surface area contributed by atoms with Crippen LogP contribution in [0.1, 0.15) is 30.1 Å². The van der Waals surface area contributed by atoms with Crippen molar-refractivity contribution in [1.29, 1.82) is 0 Å². The Labute approximate surface area is 172 Å². The second kappa shape index (κ2) is 8.52. The van der Waals surface area contributed by atoms with Gasteiger partial charge in [-0.3, -0.25) is 4.79 Å². The first kappa shape index (κ1) is 19.9. The minimum Gasteiger partial charge on any atom is -0.472 e. The zero-order chi connectivity index (χ0) is 21.1. The van der Waals surface area contributed by atoms with Gasteiger partial charge in [0.05, 0.1) is 17.8 Å². The van der Waals surface area contributed by atoms with Crippen LogP contribution < -0.4 is 4.74 Å². The van der Waals surface area contributed by atoms with Gasteiger partial charge in [-0.1, -0.05) is 12.1 Å². The average Bonchev–Trinajstić information content (AvgIpc) is 2.77. The van der Waals surface area contributed by atoms with E-state index in [-0.39, 0.29) is 29.4 Å². The fourth-order valence-electron chi connectivity index (χ4n) is 3.65. The van der Waals surface area contributed by atoms with Crippen LogP contribution in [0.5, 0.6) is 5.88 Å². The summed E-state index contributed by atoms with van der Waals surface area (Å²) < 4.78 is 33.8. The van der Waals surface area contributed by atoms with Crippen LogP contribution in [0.3, 0.4) is 0 Å². The van der Waals surface area contributed by atoms with Crippen LogP contribution in [-0.2, 0) is 0 Å². The normalized spacial score (nSPS) is 18.8. The second-order valence-electron chi connectivity index (χ2n) is 7.09. The lowest BCUT2D eigenvalue weighted by Gasteiger charge is -2.39. The monoisotopic (exact) mass is 410 g/mol. The molecule has 0 spiro atoms. The Balaban J connectivity index is 1.61. The summed E-state index contributed by atoms with van der Waals surface area (Å²) in [5, 5.41) is 0. The number of likely N-dealkylation sites (tertiary alicyclic amines) is 1. The van der Waals surface area contributed by atoms with Crippen LogP contribution >= 0.6 is 0 Å². The highest BCUT2D eigenvalue weighted by molar-refractivity contribution is 6.00. The summed E-state index contributed by atoms with van der Waals surface area (Å²) in [7, 11) is 0. The molecule has 154 valence electrons. The molecule has 1 aliphatic heterocycles. The number of amides is 1. The number of hydrogen-bond acceptors (Lipinski definition) is 5. The minimum absolute atomic E-state index is 0.0592. The van der Waals surface area contributed by atoms with Crippen molar-refractivity contribution < 1.29 is 18.3 Å². The summed E-state index contributed by atoms with van der Waals surface area (Å²) in [6, 6.07) is 8.46. The van der Waals surface area contributed by atoms with Crippen LogP contribution in [0, 0.1) is 11.6 Å². The predicted molar refractivity (Wildman–Crippen MR) is 106 cm³/mol. The number of piperidine rings is 1. The number of halogens is 2. The number of benzene rings is 1. The molecule has 8 heteroatoms. The van der Waals surface area contributed by atoms with Crippen molar-refractivity contribution in [2.75, 3.05) is 6.54 Å². The Morgan fingerprint density at radius 3 is 2.63 bits per heavy atom. The summed E-state index contributed by atoms with van der Waals surface area (Å²) in [4.78, 5) is 27.2. The Hall–Kier alpha value is -3.42. The van der Waals surface area contributed by atoms with Gasteiger partial charge in [0.15, 0.2) is 5.82 Å². The standard InChI is InChI=1S/C22H20F2N4O2/c1-14-18(30-19-9-8-15(23)13-27-19)7-3-12-28(14)22(29)20-16(5-2-6-17(20)24)21-25-10-4-11-26-21/h2,4-6,8-11,13-14,18H,3,7,12H2,1H3. The van der Waals surface area contributed by atoms with Crippen LogP contribution in [0.15, 0.2) is 55.0 Å². The number of hydrogen-bond donors (Lipinski definition) is 0. The predicted octanol–water partition coefficient (Wildman–Crippen LogP) is 3.89. The molecule has 3 heterocycles. The van der Waals surface area contributed by atoms with E-state index in [2.05, 4.69) is 15.0 Å². The third kappa shape index (κ3) is 3.98. The molecule has 2 unspecified atom stereocenters. The number of rotatable bonds is 4. The van der Waals surface area contributed by atoms with Crippen molar-refractivity contribution in [2.45, 2.75) is 31.9 Å². The molecule has 1 saturated heterocycles. The molecule has 1 aromatic carbocycles. The van der Waals surface area contributed by atoms with Gasteiger partial charge in [0.2, 0.25) is 5.88 Å². The first-order valence-electron chi connectivity index (χ1n) is 9.69. The van der Waals surface area contributed by atoms with Crippen molar-refractivity contribution >= 4 is 5.91 Å². The van der Waals surface area contributed by atoms with Gasteiger partial charge in [-0.05, 0) is 38.0 Å². The smallest absolute Gasteiger partial charge is 0.257 e. The third-order valence-corrected chi connectivity index (χ3v) is 5.18. The van der Waals surface area contributed by atoms with Crippen molar-refractivity contribution in [3.63, 3.8) is 0 Å². The molecule has 0 saturated carbocycles. The van der Waals surface area contributed by atoms with E-state index in [4.69, 9.17) is 4.74 Å². The van der Waals surface area contributed by atoms with E-state index in [1.807, 2.05) is 6.92 Å². The van der Waals surface area contributed by atoms with Crippen molar-refractivity contribution in [1.82, 2.24) is 19.9 Å². The molecule has 0 N–H and O–H groups in total. The van der Waals surface area contributed by atoms with E-state index in [1.54, 1.807) is 29.4 Å². The lowest BCUT2D eigenvalue weighted by molar-refractivity contribution is 0.0263. The second-order valence-corrected chi connectivity index (χ2v) is 7.09. The fraction of sp³-hybridized carbons (Fsp3) is 0.273. The third-order valence-electron chi connectivity index (χ3n) is 5.18. The molecule has 1 fully saturated rings. The van der Waals surface area contributed by atoms with Gasteiger partial charge in [-0.25, -0.2) is 23.7 Å². The van der Waals surface area contributed by atoms with E-state index >= 15 is 0 Å². The van der Waals surface area contributed by atoms with Crippen LogP contribution in [0.2, 0.25) is 0 Å². The topological polar surface area (TPSA) is 68.2 Å². The first-order chi connectivity index (χ1) is 14.5. The molecule has 0 bridgehead atoms. The number of nitrogens with zero attached hydrogens (tertiary/aromatic N) is 4. The maximum absolute atomic E-state index is 14.8. The van der Waals surface area contributed by atoms with Gasteiger partial charge >= 0.3 is 0 Å². The molecule has 1 aliphatic rings. The van der Waals surface area contributed by atoms with Crippen molar-refractivity contribution in [2.24, 2.45) is 0 Å². The molecule has 0 aliphatic carbocycles. The molecule has 6 nitrogen and oxygen atoms in total. The fourth-order valence-corrected chi connectivity index (χ4v) is 3.65. The molecule has 1 amide bonds. The summed E-state index contributed by atoms with van der Waals surface area (Å²) in [6.45, 7) is 2.32. The van der Waals surface area contributed by atoms with Crippen molar-refractivity contribution in [3.05, 3.63) is 72.2 Å². The Morgan fingerprint density at radius 2 is 1.90 bits per heavy atom. The lowest BCUT2D eigenvalue weighted by atomic mass is 9.97. The van der Waals surface area contributed by atoms with Gasteiger partial charge in [0.25, 0.3) is 5.91 Å². The molecule has 2 aromatic heterocycles. The van der Waals surface area contributed by atoms with Crippen LogP contribution in [-0.4, -0.2) is 44.4 Å². The first-order valence-corrected chi connectivity index (χ1v) is 9.69. The van der Waals surface area contributed by atoms with Crippen LogP contribution in [0.4, 0.5) is 8.78 Å². The molecule has 3 aromatic rings. The number of ether oxygens (including phenoxy) is 1. The Morgan fingerprint density at radius 1 is 1.10 bits per heavy atom. The largest absolute Gasteiger partial charge is 0.472 e. The average molecular weight is 410 g/mol. The number of carbonyl (C=O) groups excluding carboxylic acids is 1. The Kier molecular flexibility index (Phi) is 5.65. The zero-order valence-corrected chi connectivity index (χ0v) is 16.3. The highest BCUT2D eigenvalue weighted by atomic mass is 19.1. The van der Waals surface area contributed by atoms with E-state index < -0.39 is 17.5 Å². The molecule has 2 atom stereocenters. The van der Waals surface area contributed by atoms with Gasteiger partial charge in [-0.2, -0.15) is 0 Å². The van der Waals surface area contributed by atoms with Crippen LogP contribution in [0.25, 0.3) is 11.4 Å². The van der Waals surface area contributed by atoms with E-state index in [9.17, 15) is 13.6 Å². The van der Waals surface area contributed by atoms with Gasteiger partial charge in [0, 0.05) is 30.6 Å². The maximum Gasteiger partial charge on any atom is 0.257 e. The molecule has 30 heavy (non-hydrogen) atoms. The molecular weight excluding hydrogens is 390 g/mol. The van der Waals surface area contributed by atoms with Crippen molar-refractivity contribution in [3.8, 4) is 17.3 Å². The summed E-state index contributed by atoms with van der Waals surface area (Å²) in [5.74, 6) is -0.949. The maximum atomic E-state index is 14.8. The molecule has 0 radical (unpaired) electrons. The molecular formula is C22H20F2N4O2. The minimum atomic E-state index is -0.625. The summed E-state index contributed by atoms with van der Waals surface area (Å²) >= 11 is 0. The SMILES string of the molecule is CC1C(Oc2ccc(F)cn2)CCCN1C(=O)c1c(F)cccc1-c1ncccn1. The van der Waals surface area contributed by atoms with Gasteiger partial charge < -0.3 is 9.64 Å². The van der Waals surface area contributed by atoms with E-state index in [0.29, 0.717) is 24.9 Å². The summed E-state index contributed by atoms with van der Waals surface area (Å²) in [6.07, 6.45) is 5.22. The number of pyridine rings is 1.